The van der Waals surface area contributed by atoms with Crippen LogP contribution in [0.4, 0.5) is 10.6 Å². The number of piperidine rings is 1. The number of methoxy groups -OCH3 is 1. The third-order valence-corrected chi connectivity index (χ3v) is 6.84. The van der Waals surface area contributed by atoms with Crippen LogP contribution in [-0.4, -0.2) is 63.8 Å². The average Bonchev–Trinajstić information content (AvgIpc) is 3.32. The largest absolute Gasteiger partial charge is 0.497 e. The molecular weight excluding hydrogens is 538 g/mol. The fourth-order valence-corrected chi connectivity index (χ4v) is 4.93. The molecule has 1 fully saturated rings. The molecule has 220 valence electrons. The number of alkyl carbamates (subject to hydrolysis) is 1. The van der Waals surface area contributed by atoms with Crippen LogP contribution in [-0.2, 0) is 11.3 Å². The Morgan fingerprint density at radius 3 is 2.43 bits per heavy atom. The highest BCUT2D eigenvalue weighted by Gasteiger charge is 2.29. The summed E-state index contributed by atoms with van der Waals surface area (Å²) in [6.07, 6.45) is 2.89. The SMILES string of the molecule is COc1ccc(Cn2nc(N3CCC[C@@H](NC(=O)OC(C)(C)C)C3)c3c(Oc4ccc(C(=O)O)cc4)ccnc32)cc1. The number of carboxylic acid groups (broad SMARTS) is 1. The fourth-order valence-electron chi connectivity index (χ4n) is 4.93. The first-order valence-corrected chi connectivity index (χ1v) is 13.8. The number of nitrogens with zero attached hydrogens (tertiary/aromatic N) is 4. The van der Waals surface area contributed by atoms with E-state index in [1.165, 1.54) is 12.1 Å². The summed E-state index contributed by atoms with van der Waals surface area (Å²) in [6.45, 7) is 7.26. The highest BCUT2D eigenvalue weighted by atomic mass is 16.6. The van der Waals surface area contributed by atoms with Gasteiger partial charge in [-0.25, -0.2) is 19.3 Å². The van der Waals surface area contributed by atoms with Gasteiger partial charge in [0.05, 0.1) is 19.2 Å². The van der Waals surface area contributed by atoms with Gasteiger partial charge in [-0.05, 0) is 75.6 Å². The molecule has 11 heteroatoms. The maximum atomic E-state index is 12.5. The van der Waals surface area contributed by atoms with Crippen LogP contribution in [0.25, 0.3) is 11.0 Å². The van der Waals surface area contributed by atoms with Crippen LogP contribution in [0.1, 0.15) is 49.5 Å². The number of hydrogen-bond acceptors (Lipinski definition) is 8. The number of benzene rings is 2. The molecule has 5 rings (SSSR count). The first kappa shape index (κ1) is 28.7. The zero-order valence-corrected chi connectivity index (χ0v) is 24.2. The molecule has 2 N–H and O–H groups in total. The van der Waals surface area contributed by atoms with Crippen molar-refractivity contribution in [3.8, 4) is 17.2 Å². The van der Waals surface area contributed by atoms with Crippen LogP contribution in [0, 0.1) is 0 Å². The lowest BCUT2D eigenvalue weighted by molar-refractivity contribution is 0.0499. The molecule has 2 aromatic carbocycles. The first-order chi connectivity index (χ1) is 20.1. The van der Waals surface area contributed by atoms with Gasteiger partial charge in [-0.3, -0.25) is 0 Å². The maximum Gasteiger partial charge on any atom is 0.407 e. The number of anilines is 1. The normalized spacial score (nSPS) is 15.3. The Morgan fingerprint density at radius 2 is 1.76 bits per heavy atom. The van der Waals surface area contributed by atoms with E-state index < -0.39 is 17.7 Å². The number of amides is 1. The summed E-state index contributed by atoms with van der Waals surface area (Å²) in [5.74, 6) is 1.49. The van der Waals surface area contributed by atoms with E-state index in [-0.39, 0.29) is 11.6 Å². The second-order valence-corrected chi connectivity index (χ2v) is 11.2. The molecule has 0 bridgehead atoms. The highest BCUT2D eigenvalue weighted by Crippen LogP contribution is 2.37. The van der Waals surface area contributed by atoms with Gasteiger partial charge in [-0.15, -0.1) is 0 Å². The van der Waals surface area contributed by atoms with Crippen molar-refractivity contribution in [2.24, 2.45) is 0 Å². The van der Waals surface area contributed by atoms with Crippen molar-refractivity contribution in [1.82, 2.24) is 20.1 Å². The van der Waals surface area contributed by atoms with E-state index in [1.807, 2.05) is 49.7 Å². The lowest BCUT2D eigenvalue weighted by atomic mass is 10.1. The predicted molar refractivity (Wildman–Crippen MR) is 158 cm³/mol. The summed E-state index contributed by atoms with van der Waals surface area (Å²) in [4.78, 5) is 30.6. The molecule has 0 saturated carbocycles. The van der Waals surface area contributed by atoms with Crippen molar-refractivity contribution >= 4 is 28.9 Å². The molecule has 1 saturated heterocycles. The van der Waals surface area contributed by atoms with Crippen LogP contribution >= 0.6 is 0 Å². The van der Waals surface area contributed by atoms with Crippen molar-refractivity contribution in [2.45, 2.75) is 51.8 Å². The summed E-state index contributed by atoms with van der Waals surface area (Å²) in [7, 11) is 1.63. The topological polar surface area (TPSA) is 128 Å². The Bertz CT molecular complexity index is 1560. The number of pyridine rings is 1. The summed E-state index contributed by atoms with van der Waals surface area (Å²) >= 11 is 0. The van der Waals surface area contributed by atoms with Crippen LogP contribution < -0.4 is 19.7 Å². The van der Waals surface area contributed by atoms with Gasteiger partial charge in [-0.2, -0.15) is 5.10 Å². The Labute approximate surface area is 244 Å². The first-order valence-electron chi connectivity index (χ1n) is 13.8. The number of nitrogens with one attached hydrogen (secondary N) is 1. The number of ether oxygens (including phenoxy) is 3. The third-order valence-electron chi connectivity index (χ3n) is 6.84. The zero-order valence-electron chi connectivity index (χ0n) is 24.2. The van der Waals surface area contributed by atoms with Gasteiger partial charge in [0.1, 0.15) is 28.2 Å². The van der Waals surface area contributed by atoms with Gasteiger partial charge in [0, 0.05) is 31.4 Å². The van der Waals surface area contributed by atoms with Crippen LogP contribution in [0.15, 0.2) is 60.8 Å². The van der Waals surface area contributed by atoms with Gasteiger partial charge in [-0.1, -0.05) is 12.1 Å². The van der Waals surface area contributed by atoms with E-state index in [0.717, 1.165) is 36.1 Å². The van der Waals surface area contributed by atoms with Gasteiger partial charge < -0.3 is 29.5 Å². The van der Waals surface area contributed by atoms with E-state index in [4.69, 9.17) is 19.3 Å². The van der Waals surface area contributed by atoms with Crippen molar-refractivity contribution in [3.63, 3.8) is 0 Å². The van der Waals surface area contributed by atoms with Gasteiger partial charge in [0.25, 0.3) is 0 Å². The molecule has 1 amide bonds. The number of aromatic carboxylic acids is 1. The molecule has 42 heavy (non-hydrogen) atoms. The van der Waals surface area contributed by atoms with E-state index in [1.54, 1.807) is 31.5 Å². The molecule has 0 aliphatic carbocycles. The number of aromatic nitrogens is 3. The molecule has 0 spiro atoms. The van der Waals surface area contributed by atoms with Crippen LogP contribution in [0.2, 0.25) is 0 Å². The second-order valence-electron chi connectivity index (χ2n) is 11.2. The van der Waals surface area contributed by atoms with Crippen LogP contribution in [0.5, 0.6) is 17.2 Å². The van der Waals surface area contributed by atoms with E-state index in [9.17, 15) is 14.7 Å². The number of fused-ring (bicyclic) bond motifs is 1. The van der Waals surface area contributed by atoms with Gasteiger partial charge in [0.15, 0.2) is 11.5 Å². The quantitative estimate of drug-likeness (QED) is 0.282. The molecular formula is C31H35N5O6. The van der Waals surface area contributed by atoms with Crippen molar-refractivity contribution in [1.29, 1.82) is 0 Å². The summed E-state index contributed by atoms with van der Waals surface area (Å²) in [5.41, 5.74) is 1.25. The molecule has 3 heterocycles. The monoisotopic (exact) mass is 573 g/mol. The smallest absolute Gasteiger partial charge is 0.407 e. The Morgan fingerprint density at radius 1 is 1.05 bits per heavy atom. The second kappa shape index (κ2) is 12.0. The molecule has 0 radical (unpaired) electrons. The Hall–Kier alpha value is -4.80. The van der Waals surface area contributed by atoms with Crippen molar-refractivity contribution in [2.75, 3.05) is 25.1 Å². The minimum atomic E-state index is -1.01. The fraction of sp³-hybridized carbons (Fsp3) is 0.355. The lowest BCUT2D eigenvalue weighted by Gasteiger charge is -2.34. The number of rotatable bonds is 8. The van der Waals surface area contributed by atoms with E-state index in [2.05, 4.69) is 15.2 Å². The summed E-state index contributed by atoms with van der Waals surface area (Å²) < 4.78 is 18.9. The Kier molecular flexibility index (Phi) is 8.19. The highest BCUT2D eigenvalue weighted by molar-refractivity contribution is 5.94. The summed E-state index contributed by atoms with van der Waals surface area (Å²) in [5, 5.41) is 18.0. The number of carbonyl (C=O) groups excluding carboxylic acids is 1. The van der Waals surface area contributed by atoms with Crippen molar-refractivity contribution in [3.05, 3.63) is 71.9 Å². The van der Waals surface area contributed by atoms with Crippen LogP contribution in [0.3, 0.4) is 0 Å². The number of hydrogen-bond donors (Lipinski definition) is 2. The van der Waals surface area contributed by atoms with Gasteiger partial charge in [0.2, 0.25) is 0 Å². The molecule has 0 unspecified atom stereocenters. The minimum absolute atomic E-state index is 0.125. The average molecular weight is 574 g/mol. The third kappa shape index (κ3) is 6.73. The maximum absolute atomic E-state index is 12.5. The van der Waals surface area contributed by atoms with E-state index in [0.29, 0.717) is 36.1 Å². The molecule has 1 aliphatic rings. The molecule has 2 aromatic heterocycles. The predicted octanol–water partition coefficient (Wildman–Crippen LogP) is 5.47. The standard InChI is InChI=1S/C31H35N5O6/c1-31(2,3)42-30(39)33-22-6-5-17-35(19-22)28-26-25(41-24-13-9-21(10-14-24)29(37)38)15-16-32-27(26)36(34-28)18-20-7-11-23(40-4)12-8-20/h7-16,22H,5-6,17-19H2,1-4H3,(H,33,39)(H,37,38)/t22-/m1/s1. The molecule has 1 aliphatic heterocycles. The van der Waals surface area contributed by atoms with Gasteiger partial charge >= 0.3 is 12.1 Å². The van der Waals surface area contributed by atoms with Crippen molar-refractivity contribution < 1.29 is 28.9 Å². The number of carboxylic acids is 1. The van der Waals surface area contributed by atoms with E-state index >= 15 is 0 Å². The molecule has 4 aromatic rings. The number of carbonyl (C=O) groups is 2. The molecule has 1 atom stereocenters. The summed E-state index contributed by atoms with van der Waals surface area (Å²) in [6, 6.07) is 15.7. The lowest BCUT2D eigenvalue weighted by Crippen LogP contribution is -2.49. The zero-order chi connectivity index (χ0) is 29.9. The Balaban J connectivity index is 1.49. The minimum Gasteiger partial charge on any atom is -0.497 e. The molecule has 11 nitrogen and oxygen atoms in total.